The molecule has 77 valence electrons. The van der Waals surface area contributed by atoms with Crippen LogP contribution < -0.4 is 0 Å². The van der Waals surface area contributed by atoms with Crippen LogP contribution in [0.25, 0.3) is 0 Å². The molecule has 0 spiro atoms. The number of benzene rings is 1. The first kappa shape index (κ1) is 11.2. The topological polar surface area (TPSA) is 18.5 Å². The van der Waals surface area contributed by atoms with Crippen LogP contribution in [-0.2, 0) is 16.1 Å². The highest BCUT2D eigenvalue weighted by Crippen LogP contribution is 2.03. The lowest BCUT2D eigenvalue weighted by molar-refractivity contribution is 0.00178. The van der Waals surface area contributed by atoms with E-state index in [1.165, 1.54) is 5.56 Å². The third-order valence-corrected chi connectivity index (χ3v) is 1.87. The van der Waals surface area contributed by atoms with E-state index in [0.717, 1.165) is 0 Å². The summed E-state index contributed by atoms with van der Waals surface area (Å²) in [5.74, 6) is 0. The van der Waals surface area contributed by atoms with Gasteiger partial charge in [-0.05, 0) is 19.4 Å². The third kappa shape index (κ3) is 4.40. The molecule has 0 heterocycles. The molecule has 0 fully saturated rings. The van der Waals surface area contributed by atoms with Crippen LogP contribution in [0.4, 0.5) is 0 Å². The lowest BCUT2D eigenvalue weighted by Crippen LogP contribution is -2.14. The zero-order chi connectivity index (χ0) is 10.2. The maximum Gasteiger partial charge on any atom is 0.0807 e. The lowest BCUT2D eigenvalue weighted by atomic mass is 10.2. The maximum atomic E-state index is 5.59. The van der Waals surface area contributed by atoms with Gasteiger partial charge in [0.05, 0.1) is 25.9 Å². The molecule has 0 aromatic heterocycles. The Hall–Kier alpha value is -0.860. The Labute approximate surface area is 85.8 Å². The molecule has 0 unspecified atom stereocenters. The van der Waals surface area contributed by atoms with Gasteiger partial charge < -0.3 is 9.47 Å². The average Bonchev–Trinajstić information content (AvgIpc) is 2.25. The van der Waals surface area contributed by atoms with Crippen LogP contribution in [-0.4, -0.2) is 12.7 Å². The molecule has 2 heteroatoms. The molecule has 1 radical (unpaired) electrons. The van der Waals surface area contributed by atoms with E-state index >= 15 is 0 Å². The van der Waals surface area contributed by atoms with Crippen molar-refractivity contribution in [2.24, 2.45) is 0 Å². The van der Waals surface area contributed by atoms with Gasteiger partial charge in [-0.2, -0.15) is 0 Å². The average molecular weight is 193 g/mol. The van der Waals surface area contributed by atoms with Crippen molar-refractivity contribution in [3.8, 4) is 0 Å². The second-order valence-corrected chi connectivity index (χ2v) is 3.18. The minimum Gasteiger partial charge on any atom is -0.373 e. The zero-order valence-electron chi connectivity index (χ0n) is 8.77. The van der Waals surface area contributed by atoms with Gasteiger partial charge in [0.2, 0.25) is 0 Å². The van der Waals surface area contributed by atoms with E-state index in [4.69, 9.17) is 9.47 Å². The summed E-state index contributed by atoms with van der Waals surface area (Å²) in [6.45, 7) is 6.82. The van der Waals surface area contributed by atoms with Crippen molar-refractivity contribution in [1.82, 2.24) is 0 Å². The molecule has 0 saturated carbocycles. The summed E-state index contributed by atoms with van der Waals surface area (Å²) in [5, 5.41) is 0. The first-order valence-electron chi connectivity index (χ1n) is 4.88. The van der Waals surface area contributed by atoms with Crippen molar-refractivity contribution in [3.05, 3.63) is 42.5 Å². The van der Waals surface area contributed by atoms with E-state index in [0.29, 0.717) is 13.2 Å². The summed E-state index contributed by atoms with van der Waals surface area (Å²) in [7, 11) is 0. The van der Waals surface area contributed by atoms with Gasteiger partial charge in [-0.1, -0.05) is 30.3 Å². The standard InChI is InChI=1S/C12H17O2/c1-3-13-9-11(2)14-10-12-7-5-4-6-8-12/h3-8,11H,9-10H2,1-2H3/t11-/m1/s1. The summed E-state index contributed by atoms with van der Waals surface area (Å²) in [5.41, 5.74) is 1.19. The van der Waals surface area contributed by atoms with Crippen molar-refractivity contribution in [1.29, 1.82) is 0 Å². The van der Waals surface area contributed by atoms with E-state index in [1.807, 2.05) is 32.0 Å². The number of hydrogen-bond acceptors (Lipinski definition) is 2. The summed E-state index contributed by atoms with van der Waals surface area (Å²) in [6.07, 6.45) is 0.131. The Balaban J connectivity index is 2.20. The quantitative estimate of drug-likeness (QED) is 0.691. The fourth-order valence-electron chi connectivity index (χ4n) is 1.09. The van der Waals surface area contributed by atoms with E-state index in [9.17, 15) is 0 Å². The monoisotopic (exact) mass is 193 g/mol. The summed E-state index contributed by atoms with van der Waals surface area (Å²) in [6, 6.07) is 10.1. The molecule has 0 aliphatic carbocycles. The van der Waals surface area contributed by atoms with Crippen molar-refractivity contribution < 1.29 is 9.47 Å². The highest BCUT2D eigenvalue weighted by molar-refractivity contribution is 5.13. The number of ether oxygens (including phenoxy) is 2. The fraction of sp³-hybridized carbons (Fsp3) is 0.417. The van der Waals surface area contributed by atoms with Crippen LogP contribution in [0.2, 0.25) is 0 Å². The first-order chi connectivity index (χ1) is 6.83. The smallest absolute Gasteiger partial charge is 0.0807 e. The number of rotatable bonds is 6. The molecule has 2 nitrogen and oxygen atoms in total. The highest BCUT2D eigenvalue weighted by Gasteiger charge is 2.01. The summed E-state index contributed by atoms with van der Waals surface area (Å²) in [4.78, 5) is 0. The largest absolute Gasteiger partial charge is 0.373 e. The van der Waals surface area contributed by atoms with Crippen molar-refractivity contribution in [2.75, 3.05) is 6.61 Å². The van der Waals surface area contributed by atoms with Crippen LogP contribution in [0.5, 0.6) is 0 Å². The van der Waals surface area contributed by atoms with E-state index in [2.05, 4.69) is 12.1 Å². The number of hydrogen-bond donors (Lipinski definition) is 0. The van der Waals surface area contributed by atoms with Crippen LogP contribution in [0.1, 0.15) is 19.4 Å². The van der Waals surface area contributed by atoms with Gasteiger partial charge in [-0.3, -0.25) is 0 Å². The van der Waals surface area contributed by atoms with Crippen LogP contribution in [0.15, 0.2) is 30.3 Å². The minimum absolute atomic E-state index is 0.131. The molecular weight excluding hydrogens is 176 g/mol. The van der Waals surface area contributed by atoms with Crippen molar-refractivity contribution in [2.45, 2.75) is 26.6 Å². The molecule has 1 aromatic carbocycles. The predicted octanol–water partition coefficient (Wildman–Crippen LogP) is 2.79. The van der Waals surface area contributed by atoms with E-state index in [-0.39, 0.29) is 6.10 Å². The normalized spacial score (nSPS) is 12.7. The molecule has 1 aromatic rings. The lowest BCUT2D eigenvalue weighted by Gasteiger charge is -2.12. The molecule has 0 aliphatic rings. The molecule has 0 bridgehead atoms. The Bertz CT molecular complexity index is 233. The van der Waals surface area contributed by atoms with Gasteiger partial charge >= 0.3 is 0 Å². The highest BCUT2D eigenvalue weighted by atomic mass is 16.5. The van der Waals surface area contributed by atoms with Crippen molar-refractivity contribution in [3.63, 3.8) is 0 Å². The van der Waals surface area contributed by atoms with Crippen LogP contribution >= 0.6 is 0 Å². The molecular formula is C12H17O2. The van der Waals surface area contributed by atoms with Gasteiger partial charge in [0, 0.05) is 0 Å². The van der Waals surface area contributed by atoms with E-state index < -0.39 is 0 Å². The summed E-state index contributed by atoms with van der Waals surface area (Å²) >= 11 is 0. The molecule has 0 amide bonds. The second-order valence-electron chi connectivity index (χ2n) is 3.18. The van der Waals surface area contributed by atoms with E-state index in [1.54, 1.807) is 6.61 Å². The van der Waals surface area contributed by atoms with Gasteiger partial charge in [0.1, 0.15) is 0 Å². The Morgan fingerprint density at radius 2 is 2.00 bits per heavy atom. The maximum absolute atomic E-state index is 5.59. The third-order valence-electron chi connectivity index (χ3n) is 1.87. The van der Waals surface area contributed by atoms with Crippen LogP contribution in [0.3, 0.4) is 0 Å². The molecule has 0 N–H and O–H groups in total. The summed E-state index contributed by atoms with van der Waals surface area (Å²) < 4.78 is 10.7. The van der Waals surface area contributed by atoms with Crippen molar-refractivity contribution >= 4 is 0 Å². The zero-order valence-corrected chi connectivity index (χ0v) is 8.77. The Morgan fingerprint density at radius 3 is 2.64 bits per heavy atom. The second kappa shape index (κ2) is 6.57. The fourth-order valence-corrected chi connectivity index (χ4v) is 1.09. The van der Waals surface area contributed by atoms with Gasteiger partial charge in [-0.25, -0.2) is 0 Å². The molecule has 1 atom stereocenters. The minimum atomic E-state index is 0.131. The molecule has 1 rings (SSSR count). The molecule has 0 aliphatic heterocycles. The Morgan fingerprint density at radius 1 is 1.29 bits per heavy atom. The first-order valence-corrected chi connectivity index (χ1v) is 4.88. The SMILES string of the molecule is C[CH]OC[C@@H](C)OCc1ccccc1. The Kier molecular flexibility index (Phi) is 5.27. The molecule has 14 heavy (non-hydrogen) atoms. The van der Waals surface area contributed by atoms with Crippen LogP contribution in [0, 0.1) is 6.61 Å². The molecule has 0 saturated heterocycles. The van der Waals surface area contributed by atoms with Gasteiger partial charge in [0.25, 0.3) is 0 Å². The van der Waals surface area contributed by atoms with Gasteiger partial charge in [-0.15, -0.1) is 0 Å². The van der Waals surface area contributed by atoms with Gasteiger partial charge in [0.15, 0.2) is 0 Å². The predicted molar refractivity (Wildman–Crippen MR) is 56.6 cm³/mol.